The van der Waals surface area contributed by atoms with E-state index in [1.54, 1.807) is 7.11 Å². The molecule has 168 valence electrons. The van der Waals surface area contributed by atoms with Crippen molar-refractivity contribution >= 4 is 11.7 Å². The summed E-state index contributed by atoms with van der Waals surface area (Å²) in [6.45, 7) is 4.73. The minimum atomic E-state index is -0.319. The summed E-state index contributed by atoms with van der Waals surface area (Å²) in [5, 5.41) is 9.12. The Morgan fingerprint density at radius 3 is 2.84 bits per heavy atom. The average molecular weight is 433 g/mol. The quantitative estimate of drug-likeness (QED) is 0.642. The summed E-state index contributed by atoms with van der Waals surface area (Å²) in [6.07, 6.45) is 8.12. The van der Waals surface area contributed by atoms with E-state index < -0.39 is 0 Å². The van der Waals surface area contributed by atoms with Crippen molar-refractivity contribution in [2.24, 2.45) is 23.2 Å². The van der Waals surface area contributed by atoms with Gasteiger partial charge in [-0.3, -0.25) is 9.59 Å². The molecule has 5 nitrogen and oxygen atoms in total. The van der Waals surface area contributed by atoms with Crippen molar-refractivity contribution in [3.8, 4) is 11.8 Å². The zero-order chi connectivity index (χ0) is 22.9. The second-order valence-corrected chi connectivity index (χ2v) is 9.72. The number of ketones is 1. The number of carbonyl (C=O) groups is 2. The molecule has 32 heavy (non-hydrogen) atoms. The average Bonchev–Trinajstić information content (AvgIpc) is 2.90. The topological polar surface area (TPSA) is 70.4 Å². The third-order valence-electron chi connectivity index (χ3n) is 7.92. The van der Waals surface area contributed by atoms with Crippen molar-refractivity contribution in [3.05, 3.63) is 53.3 Å². The van der Waals surface area contributed by atoms with Gasteiger partial charge in [0, 0.05) is 30.4 Å². The Kier molecular flexibility index (Phi) is 6.24. The zero-order valence-corrected chi connectivity index (χ0v) is 19.3. The molecular weight excluding hydrogens is 400 g/mol. The lowest BCUT2D eigenvalue weighted by atomic mass is 9.52. The third-order valence-corrected chi connectivity index (χ3v) is 7.92. The Morgan fingerprint density at radius 2 is 2.09 bits per heavy atom. The second-order valence-electron chi connectivity index (χ2n) is 9.72. The number of hydrogen-bond acceptors (Lipinski definition) is 4. The van der Waals surface area contributed by atoms with Crippen molar-refractivity contribution in [1.82, 2.24) is 4.90 Å². The standard InChI is InChI=1S/C27H32N2O3/c1-18-14-24(30)26-23(22(18)8-5-13-28)10-9-20-17-29(25(31)11-12-27(20,26)2)16-19-6-4-7-21(15-19)32-3/h4,6-7,14-15,17,22-23,26H,5,8-12,16H2,1-3H3/t22-,23+,26-,27+/m1/s1. The summed E-state index contributed by atoms with van der Waals surface area (Å²) < 4.78 is 5.33. The first kappa shape index (κ1) is 22.3. The third kappa shape index (κ3) is 3.99. The first-order valence-corrected chi connectivity index (χ1v) is 11.6. The van der Waals surface area contributed by atoms with Crippen LogP contribution in [-0.4, -0.2) is 23.7 Å². The smallest absolute Gasteiger partial charge is 0.226 e. The molecule has 1 saturated carbocycles. The Hall–Kier alpha value is -2.87. The first-order chi connectivity index (χ1) is 15.4. The molecule has 1 aliphatic heterocycles. The van der Waals surface area contributed by atoms with E-state index in [1.807, 2.05) is 48.4 Å². The van der Waals surface area contributed by atoms with E-state index in [1.165, 1.54) is 5.57 Å². The van der Waals surface area contributed by atoms with Crippen molar-refractivity contribution in [2.75, 3.05) is 7.11 Å². The van der Waals surface area contributed by atoms with Gasteiger partial charge in [0.2, 0.25) is 5.91 Å². The molecule has 0 bridgehead atoms. The van der Waals surface area contributed by atoms with Gasteiger partial charge >= 0.3 is 0 Å². The Labute approximate surface area is 190 Å². The van der Waals surface area contributed by atoms with E-state index in [4.69, 9.17) is 10.00 Å². The highest BCUT2D eigenvalue weighted by Gasteiger charge is 2.53. The van der Waals surface area contributed by atoms with E-state index in [0.717, 1.165) is 36.1 Å². The number of methoxy groups -OCH3 is 1. The summed E-state index contributed by atoms with van der Waals surface area (Å²) in [5.74, 6) is 1.50. The van der Waals surface area contributed by atoms with Gasteiger partial charge in [0.1, 0.15) is 5.75 Å². The van der Waals surface area contributed by atoms with Crippen molar-refractivity contribution in [1.29, 1.82) is 5.26 Å². The molecule has 4 atom stereocenters. The molecule has 4 rings (SSSR count). The second kappa shape index (κ2) is 8.94. The number of nitrogens with zero attached hydrogens (tertiary/aromatic N) is 2. The Morgan fingerprint density at radius 1 is 1.28 bits per heavy atom. The molecule has 1 amide bonds. The molecule has 1 aromatic carbocycles. The number of ether oxygens (including phenoxy) is 1. The van der Waals surface area contributed by atoms with E-state index >= 15 is 0 Å². The zero-order valence-electron chi connectivity index (χ0n) is 19.3. The summed E-state index contributed by atoms with van der Waals surface area (Å²) >= 11 is 0. The van der Waals surface area contributed by atoms with Gasteiger partial charge in [-0.2, -0.15) is 5.26 Å². The van der Waals surface area contributed by atoms with Crippen LogP contribution in [0.4, 0.5) is 0 Å². The molecule has 0 spiro atoms. The molecule has 2 aliphatic carbocycles. The van der Waals surface area contributed by atoms with Crippen LogP contribution in [0, 0.1) is 34.5 Å². The minimum Gasteiger partial charge on any atom is -0.497 e. The number of nitriles is 1. The molecule has 1 aromatic rings. The lowest BCUT2D eigenvalue weighted by molar-refractivity contribution is -0.131. The van der Waals surface area contributed by atoms with E-state index in [-0.39, 0.29) is 34.9 Å². The van der Waals surface area contributed by atoms with Gasteiger partial charge in [-0.1, -0.05) is 24.6 Å². The largest absolute Gasteiger partial charge is 0.497 e. The number of carbonyl (C=O) groups excluding carboxylic acids is 2. The number of fused-ring (bicyclic) bond motifs is 3. The van der Waals surface area contributed by atoms with E-state index in [9.17, 15) is 9.59 Å². The van der Waals surface area contributed by atoms with Crippen molar-refractivity contribution in [3.63, 3.8) is 0 Å². The van der Waals surface area contributed by atoms with Crippen LogP contribution in [0.1, 0.15) is 57.9 Å². The lowest BCUT2D eigenvalue weighted by Crippen LogP contribution is -2.48. The number of rotatable bonds is 5. The fraction of sp³-hybridized carbons (Fsp3) is 0.519. The van der Waals surface area contributed by atoms with Crippen LogP contribution >= 0.6 is 0 Å². The summed E-state index contributed by atoms with van der Waals surface area (Å²) in [7, 11) is 1.64. The maximum atomic E-state index is 13.3. The van der Waals surface area contributed by atoms with E-state index in [2.05, 4.69) is 13.0 Å². The number of benzene rings is 1. The van der Waals surface area contributed by atoms with Crippen LogP contribution in [0.3, 0.4) is 0 Å². The Bertz CT molecular complexity index is 1020. The van der Waals surface area contributed by atoms with Gasteiger partial charge in [-0.15, -0.1) is 0 Å². The van der Waals surface area contributed by atoms with Gasteiger partial charge in [-0.05, 0) is 73.8 Å². The monoisotopic (exact) mass is 432 g/mol. The normalized spacial score (nSPS) is 29.8. The molecular formula is C27H32N2O3. The van der Waals surface area contributed by atoms with Crippen LogP contribution in [0.25, 0.3) is 0 Å². The molecule has 0 radical (unpaired) electrons. The fourth-order valence-corrected chi connectivity index (χ4v) is 6.23. The molecule has 5 heteroatoms. The highest BCUT2D eigenvalue weighted by atomic mass is 16.5. The van der Waals surface area contributed by atoms with Crippen LogP contribution < -0.4 is 4.74 Å². The highest BCUT2D eigenvalue weighted by molar-refractivity contribution is 5.95. The summed E-state index contributed by atoms with van der Waals surface area (Å²) in [5.41, 5.74) is 3.04. The molecule has 3 aliphatic rings. The molecule has 0 aromatic heterocycles. The van der Waals surface area contributed by atoms with Crippen LogP contribution in [0.2, 0.25) is 0 Å². The van der Waals surface area contributed by atoms with Crippen LogP contribution in [0.15, 0.2) is 47.7 Å². The van der Waals surface area contributed by atoms with Crippen LogP contribution in [-0.2, 0) is 16.1 Å². The number of amides is 1. The Balaban J connectivity index is 1.65. The molecule has 0 unspecified atom stereocenters. The van der Waals surface area contributed by atoms with Gasteiger partial charge in [0.15, 0.2) is 5.78 Å². The molecule has 1 fully saturated rings. The van der Waals surface area contributed by atoms with E-state index in [0.29, 0.717) is 25.8 Å². The van der Waals surface area contributed by atoms with Crippen molar-refractivity contribution in [2.45, 2.75) is 58.9 Å². The summed E-state index contributed by atoms with van der Waals surface area (Å²) in [6, 6.07) is 10.1. The number of hydrogen-bond donors (Lipinski definition) is 0. The van der Waals surface area contributed by atoms with Gasteiger partial charge in [-0.25, -0.2) is 0 Å². The predicted octanol–water partition coefficient (Wildman–Crippen LogP) is 5.18. The maximum absolute atomic E-state index is 13.3. The van der Waals surface area contributed by atoms with Gasteiger partial charge in [0.05, 0.1) is 19.7 Å². The first-order valence-electron chi connectivity index (χ1n) is 11.6. The molecule has 0 saturated heterocycles. The highest BCUT2D eigenvalue weighted by Crippen LogP contribution is 2.57. The molecule has 0 N–H and O–H groups in total. The van der Waals surface area contributed by atoms with Crippen LogP contribution in [0.5, 0.6) is 5.75 Å². The lowest BCUT2D eigenvalue weighted by Gasteiger charge is -2.51. The summed E-state index contributed by atoms with van der Waals surface area (Å²) in [4.78, 5) is 28.2. The minimum absolute atomic E-state index is 0.100. The number of allylic oxidation sites excluding steroid dienone is 3. The SMILES string of the molecule is COc1cccc(CN2C=C3CC[C@H]4[C@H](CCC#N)C(C)=CC(=O)[C@@H]4[C@@]3(C)CCC2=O)c1. The molecule has 1 heterocycles. The van der Waals surface area contributed by atoms with Gasteiger partial charge < -0.3 is 9.64 Å². The fourth-order valence-electron chi connectivity index (χ4n) is 6.23. The van der Waals surface area contributed by atoms with Gasteiger partial charge in [0.25, 0.3) is 0 Å². The maximum Gasteiger partial charge on any atom is 0.226 e. The van der Waals surface area contributed by atoms with Crippen molar-refractivity contribution < 1.29 is 14.3 Å². The predicted molar refractivity (Wildman–Crippen MR) is 122 cm³/mol.